The fraction of sp³-hybridized carbons (Fsp3) is 0.562. The summed E-state index contributed by atoms with van der Waals surface area (Å²) >= 11 is 0. The Hall–Kier alpha value is -1.99. The second-order valence-corrected chi connectivity index (χ2v) is 5.94. The van der Waals surface area contributed by atoms with E-state index in [-0.39, 0.29) is 5.56 Å². The normalized spacial score (nSPS) is 16.7. The highest BCUT2D eigenvalue weighted by molar-refractivity contribution is 5.17. The number of ether oxygens (including phenoxy) is 1. The van der Waals surface area contributed by atoms with Gasteiger partial charge in [-0.3, -0.25) is 4.79 Å². The molecule has 3 heterocycles. The van der Waals surface area contributed by atoms with Crippen molar-refractivity contribution in [3.63, 3.8) is 0 Å². The second-order valence-electron chi connectivity index (χ2n) is 5.94. The summed E-state index contributed by atoms with van der Waals surface area (Å²) in [7, 11) is 1.73. The Balaban J connectivity index is 1.62. The Kier molecular flexibility index (Phi) is 5.19. The molecule has 0 amide bonds. The van der Waals surface area contributed by atoms with Crippen molar-refractivity contribution in [1.29, 1.82) is 0 Å². The van der Waals surface area contributed by atoms with E-state index in [4.69, 9.17) is 4.74 Å². The van der Waals surface area contributed by atoms with Crippen LogP contribution in [0.25, 0.3) is 5.82 Å². The van der Waals surface area contributed by atoms with E-state index in [0.717, 1.165) is 39.1 Å². The highest BCUT2D eigenvalue weighted by Gasteiger charge is 2.20. The molecule has 0 aliphatic carbocycles. The molecule has 0 spiro atoms. The Morgan fingerprint density at radius 3 is 2.83 bits per heavy atom. The molecule has 0 saturated carbocycles. The van der Waals surface area contributed by atoms with Gasteiger partial charge in [-0.2, -0.15) is 5.10 Å². The lowest BCUT2D eigenvalue weighted by Gasteiger charge is -2.31. The Labute approximate surface area is 135 Å². The van der Waals surface area contributed by atoms with Crippen molar-refractivity contribution in [1.82, 2.24) is 24.5 Å². The quantitative estimate of drug-likeness (QED) is 0.788. The molecule has 124 valence electrons. The zero-order valence-corrected chi connectivity index (χ0v) is 13.5. The van der Waals surface area contributed by atoms with Crippen LogP contribution in [-0.2, 0) is 11.3 Å². The lowest BCUT2D eigenvalue weighted by atomic mass is 9.97. The second kappa shape index (κ2) is 7.52. The maximum atomic E-state index is 12.1. The fourth-order valence-electron chi connectivity index (χ4n) is 2.95. The number of hydrogen-bond donors (Lipinski definition) is 0. The van der Waals surface area contributed by atoms with Gasteiger partial charge in [0.2, 0.25) is 0 Å². The zero-order chi connectivity index (χ0) is 16.1. The van der Waals surface area contributed by atoms with Gasteiger partial charge in [0.1, 0.15) is 0 Å². The molecule has 7 nitrogen and oxygen atoms in total. The molecular weight excluding hydrogens is 294 g/mol. The van der Waals surface area contributed by atoms with E-state index in [0.29, 0.717) is 18.3 Å². The lowest BCUT2D eigenvalue weighted by molar-refractivity contribution is 0.115. The molecule has 7 heteroatoms. The molecule has 0 N–H and O–H groups in total. The minimum absolute atomic E-state index is 0.0530. The van der Waals surface area contributed by atoms with Crippen LogP contribution in [0.2, 0.25) is 0 Å². The Morgan fingerprint density at radius 2 is 2.13 bits per heavy atom. The van der Waals surface area contributed by atoms with Crippen molar-refractivity contribution in [3.05, 3.63) is 40.9 Å². The molecular formula is C16H23N5O2. The first kappa shape index (κ1) is 15.9. The number of aromatic nitrogens is 4. The molecule has 1 aliphatic heterocycles. The maximum absolute atomic E-state index is 12.1. The predicted octanol–water partition coefficient (Wildman–Crippen LogP) is 0.787. The first-order valence-electron chi connectivity index (χ1n) is 8.06. The highest BCUT2D eigenvalue weighted by atomic mass is 16.5. The van der Waals surface area contributed by atoms with Crippen LogP contribution >= 0.6 is 0 Å². The van der Waals surface area contributed by atoms with Gasteiger partial charge in [0.25, 0.3) is 5.56 Å². The van der Waals surface area contributed by atoms with Gasteiger partial charge in [0.05, 0.1) is 6.61 Å². The number of nitrogens with zero attached hydrogens (tertiary/aromatic N) is 5. The molecule has 2 aromatic rings. The van der Waals surface area contributed by atoms with E-state index in [1.807, 2.05) is 12.3 Å². The van der Waals surface area contributed by atoms with Crippen molar-refractivity contribution in [3.8, 4) is 5.82 Å². The first-order valence-corrected chi connectivity index (χ1v) is 8.06. The highest BCUT2D eigenvalue weighted by Crippen LogP contribution is 2.18. The van der Waals surface area contributed by atoms with Gasteiger partial charge in [-0.25, -0.2) is 9.36 Å². The maximum Gasteiger partial charge on any atom is 0.266 e. The molecule has 23 heavy (non-hydrogen) atoms. The molecule has 1 fully saturated rings. The largest absolute Gasteiger partial charge is 0.383 e. The van der Waals surface area contributed by atoms with E-state index in [1.54, 1.807) is 34.8 Å². The van der Waals surface area contributed by atoms with Gasteiger partial charge in [-0.1, -0.05) is 0 Å². The number of likely N-dealkylation sites (tertiary alicyclic amines) is 1. The third-order valence-corrected chi connectivity index (χ3v) is 4.34. The summed E-state index contributed by atoms with van der Waals surface area (Å²) in [6.45, 7) is 4.54. The topological polar surface area (TPSA) is 65.2 Å². The smallest absolute Gasteiger partial charge is 0.266 e. The number of hydrogen-bond acceptors (Lipinski definition) is 5. The van der Waals surface area contributed by atoms with Crippen LogP contribution in [0.5, 0.6) is 0 Å². The van der Waals surface area contributed by atoms with Crippen molar-refractivity contribution in [2.45, 2.75) is 19.4 Å². The summed E-state index contributed by atoms with van der Waals surface area (Å²) in [6, 6.07) is 5.11. The van der Waals surface area contributed by atoms with Crippen LogP contribution in [0.4, 0.5) is 0 Å². The number of methoxy groups -OCH3 is 1. The molecule has 1 aliphatic rings. The monoisotopic (exact) mass is 317 g/mol. The standard InChI is InChI=1S/C16H23N5O2/c1-23-12-11-19-9-5-14(6-10-19)13-21-16(22)4-3-15(18-21)20-8-2-7-17-20/h2-4,7-8,14H,5-6,9-13H2,1H3. The zero-order valence-electron chi connectivity index (χ0n) is 13.5. The summed E-state index contributed by atoms with van der Waals surface area (Å²) in [5.41, 5.74) is -0.0530. The van der Waals surface area contributed by atoms with Gasteiger partial charge < -0.3 is 9.64 Å². The SMILES string of the molecule is COCCN1CCC(Cn2nc(-n3cccn3)ccc2=O)CC1. The molecule has 3 rings (SSSR count). The molecule has 0 unspecified atom stereocenters. The van der Waals surface area contributed by atoms with Crippen molar-refractivity contribution in [2.24, 2.45) is 5.92 Å². The summed E-state index contributed by atoms with van der Waals surface area (Å²) in [4.78, 5) is 14.5. The van der Waals surface area contributed by atoms with Gasteiger partial charge >= 0.3 is 0 Å². The summed E-state index contributed by atoms with van der Waals surface area (Å²) in [6.07, 6.45) is 5.70. The van der Waals surface area contributed by atoms with E-state index in [1.165, 1.54) is 0 Å². The minimum atomic E-state index is -0.0530. The summed E-state index contributed by atoms with van der Waals surface area (Å²) in [5, 5.41) is 8.61. The van der Waals surface area contributed by atoms with Crippen LogP contribution in [0.3, 0.4) is 0 Å². The van der Waals surface area contributed by atoms with Gasteiger partial charge in [-0.05, 0) is 44.0 Å². The molecule has 0 aromatic carbocycles. The Morgan fingerprint density at radius 1 is 1.30 bits per heavy atom. The summed E-state index contributed by atoms with van der Waals surface area (Å²) < 4.78 is 8.37. The molecule has 2 aromatic heterocycles. The lowest BCUT2D eigenvalue weighted by Crippen LogP contribution is -2.38. The number of rotatable bonds is 6. The van der Waals surface area contributed by atoms with Crippen molar-refractivity contribution in [2.75, 3.05) is 33.4 Å². The third kappa shape index (κ3) is 4.05. The first-order chi connectivity index (χ1) is 11.3. The van der Waals surface area contributed by atoms with Crippen LogP contribution in [0.15, 0.2) is 35.4 Å². The van der Waals surface area contributed by atoms with Crippen LogP contribution < -0.4 is 5.56 Å². The average Bonchev–Trinajstić information content (AvgIpc) is 3.11. The van der Waals surface area contributed by atoms with Gasteiger partial charge in [0.15, 0.2) is 5.82 Å². The summed E-state index contributed by atoms with van der Waals surface area (Å²) in [5.74, 6) is 1.17. The van der Waals surface area contributed by atoms with Crippen LogP contribution in [0, 0.1) is 5.92 Å². The van der Waals surface area contributed by atoms with Gasteiger partial charge in [0, 0.05) is 38.7 Å². The van der Waals surface area contributed by atoms with E-state index >= 15 is 0 Å². The molecule has 0 atom stereocenters. The molecule has 0 radical (unpaired) electrons. The minimum Gasteiger partial charge on any atom is -0.383 e. The van der Waals surface area contributed by atoms with Crippen molar-refractivity contribution < 1.29 is 4.74 Å². The predicted molar refractivity (Wildman–Crippen MR) is 86.7 cm³/mol. The molecule has 0 bridgehead atoms. The van der Waals surface area contributed by atoms with E-state index in [2.05, 4.69) is 15.1 Å². The van der Waals surface area contributed by atoms with Crippen LogP contribution in [-0.4, -0.2) is 57.8 Å². The van der Waals surface area contributed by atoms with Crippen molar-refractivity contribution >= 4 is 0 Å². The van der Waals surface area contributed by atoms with E-state index in [9.17, 15) is 4.79 Å². The number of piperidine rings is 1. The van der Waals surface area contributed by atoms with E-state index < -0.39 is 0 Å². The Bertz CT molecular complexity index is 659. The van der Waals surface area contributed by atoms with Gasteiger partial charge in [-0.15, -0.1) is 5.10 Å². The fourth-order valence-corrected chi connectivity index (χ4v) is 2.95. The van der Waals surface area contributed by atoms with Crippen LogP contribution in [0.1, 0.15) is 12.8 Å². The average molecular weight is 317 g/mol. The third-order valence-electron chi connectivity index (χ3n) is 4.34. The molecule has 1 saturated heterocycles.